The van der Waals surface area contributed by atoms with E-state index in [1.165, 1.54) is 31.7 Å². The molecule has 0 unspecified atom stereocenters. The molecule has 1 aromatic rings. The van der Waals surface area contributed by atoms with Gasteiger partial charge in [0.1, 0.15) is 12.7 Å². The van der Waals surface area contributed by atoms with E-state index in [9.17, 15) is 23.2 Å². The van der Waals surface area contributed by atoms with Crippen molar-refractivity contribution in [3.63, 3.8) is 0 Å². The molecule has 3 rings (SSSR count). The Bertz CT molecular complexity index is 837. The number of alkyl halides is 3. The first kappa shape index (κ1) is 26.5. The van der Waals surface area contributed by atoms with Crippen LogP contribution in [0.3, 0.4) is 0 Å². The Morgan fingerprint density at radius 1 is 1.09 bits per heavy atom. The van der Waals surface area contributed by atoms with Gasteiger partial charge >= 0.3 is 6.18 Å². The summed E-state index contributed by atoms with van der Waals surface area (Å²) in [7, 11) is 1.56. The van der Waals surface area contributed by atoms with Gasteiger partial charge in [0, 0.05) is 39.7 Å². The van der Waals surface area contributed by atoms with Crippen LogP contribution < -0.4 is 4.90 Å². The Hall–Kier alpha value is -2.11. The van der Waals surface area contributed by atoms with Crippen LogP contribution in [0.25, 0.3) is 0 Å². The van der Waals surface area contributed by atoms with Crippen molar-refractivity contribution in [1.29, 1.82) is 5.26 Å². The molecule has 0 amide bonds. The van der Waals surface area contributed by atoms with E-state index in [0.717, 1.165) is 56.8 Å². The number of halogens is 3. The molecule has 1 heterocycles. The van der Waals surface area contributed by atoms with Gasteiger partial charge in [-0.3, -0.25) is 9.69 Å². The van der Waals surface area contributed by atoms with E-state index in [2.05, 4.69) is 4.90 Å². The highest BCUT2D eigenvalue weighted by Gasteiger charge is 2.35. The number of ether oxygens (including phenoxy) is 1. The molecule has 1 saturated heterocycles. The maximum absolute atomic E-state index is 13.3. The molecule has 2 fully saturated rings. The van der Waals surface area contributed by atoms with Gasteiger partial charge in [0.2, 0.25) is 0 Å². The first-order valence-corrected chi connectivity index (χ1v) is 12.4. The molecule has 1 aromatic carbocycles. The quantitative estimate of drug-likeness (QED) is 0.457. The van der Waals surface area contributed by atoms with Crippen LogP contribution >= 0.6 is 0 Å². The van der Waals surface area contributed by atoms with Crippen LogP contribution in [-0.4, -0.2) is 57.1 Å². The molecule has 1 aliphatic heterocycles. The maximum atomic E-state index is 13.3. The Morgan fingerprint density at radius 3 is 2.32 bits per heavy atom. The third-order valence-corrected chi connectivity index (χ3v) is 7.37. The summed E-state index contributed by atoms with van der Waals surface area (Å²) >= 11 is 0. The SMILES string of the molecule is COCC(=O)CCCC1CCC(CCN2CCN(c3cccc(C(F)(F)F)c3C#N)CC2)CC1. The summed E-state index contributed by atoms with van der Waals surface area (Å²) in [5.74, 6) is 1.66. The fraction of sp³-hybridized carbons (Fsp3) is 0.692. The Kier molecular flexibility index (Phi) is 9.78. The van der Waals surface area contributed by atoms with Gasteiger partial charge in [0.25, 0.3) is 0 Å². The summed E-state index contributed by atoms with van der Waals surface area (Å²) in [5.41, 5.74) is -0.741. The van der Waals surface area contributed by atoms with Crippen LogP contribution in [0.4, 0.5) is 18.9 Å². The van der Waals surface area contributed by atoms with Crippen LogP contribution in [0.1, 0.15) is 62.5 Å². The third kappa shape index (κ3) is 7.44. The number of piperazine rings is 1. The number of carbonyl (C=O) groups excluding carboxylic acids is 1. The normalized spacial score (nSPS) is 21.9. The Morgan fingerprint density at radius 2 is 1.74 bits per heavy atom. The lowest BCUT2D eigenvalue weighted by Crippen LogP contribution is -2.47. The van der Waals surface area contributed by atoms with Gasteiger partial charge in [0.05, 0.1) is 16.8 Å². The van der Waals surface area contributed by atoms with Gasteiger partial charge in [-0.2, -0.15) is 18.4 Å². The molecule has 0 spiro atoms. The minimum Gasteiger partial charge on any atom is -0.377 e. The van der Waals surface area contributed by atoms with Crippen molar-refractivity contribution in [3.05, 3.63) is 29.3 Å². The summed E-state index contributed by atoms with van der Waals surface area (Å²) in [6.07, 6.45) is 4.31. The molecule has 5 nitrogen and oxygen atoms in total. The Labute approximate surface area is 200 Å². The van der Waals surface area contributed by atoms with Crippen LogP contribution in [0.2, 0.25) is 0 Å². The molecule has 0 bridgehead atoms. The fourth-order valence-electron chi connectivity index (χ4n) is 5.36. The second-order valence-electron chi connectivity index (χ2n) is 9.68. The summed E-state index contributed by atoms with van der Waals surface area (Å²) in [6, 6.07) is 5.77. The fourth-order valence-corrected chi connectivity index (χ4v) is 5.36. The molecule has 34 heavy (non-hydrogen) atoms. The summed E-state index contributed by atoms with van der Waals surface area (Å²) < 4.78 is 44.7. The minimum atomic E-state index is -4.52. The van der Waals surface area contributed by atoms with E-state index in [1.807, 2.05) is 4.90 Å². The second-order valence-corrected chi connectivity index (χ2v) is 9.68. The number of benzene rings is 1. The predicted molar refractivity (Wildman–Crippen MR) is 126 cm³/mol. The number of hydrogen-bond acceptors (Lipinski definition) is 5. The Balaban J connectivity index is 1.38. The van der Waals surface area contributed by atoms with Gasteiger partial charge < -0.3 is 9.64 Å². The van der Waals surface area contributed by atoms with Gasteiger partial charge in [-0.05, 0) is 43.4 Å². The highest BCUT2D eigenvalue weighted by molar-refractivity contribution is 5.79. The lowest BCUT2D eigenvalue weighted by Gasteiger charge is -2.37. The van der Waals surface area contributed by atoms with Crippen LogP contribution in [0.15, 0.2) is 18.2 Å². The zero-order valence-corrected chi connectivity index (χ0v) is 20.1. The molecular formula is C26H36F3N3O2. The largest absolute Gasteiger partial charge is 0.417 e. The van der Waals surface area contributed by atoms with Crippen molar-refractivity contribution in [2.45, 2.75) is 57.5 Å². The summed E-state index contributed by atoms with van der Waals surface area (Å²) in [5, 5.41) is 9.38. The number of methoxy groups -OCH3 is 1. The number of Topliss-reactive ketones (excluding diaryl/α,β-unsaturated/α-hetero) is 1. The summed E-state index contributed by atoms with van der Waals surface area (Å²) in [6.45, 7) is 4.09. The van der Waals surface area contributed by atoms with Gasteiger partial charge in [-0.25, -0.2) is 0 Å². The molecule has 0 atom stereocenters. The molecule has 1 saturated carbocycles. The first-order valence-electron chi connectivity index (χ1n) is 12.4. The predicted octanol–water partition coefficient (Wildman–Crippen LogP) is 5.28. The lowest BCUT2D eigenvalue weighted by molar-refractivity contribution is -0.137. The molecular weight excluding hydrogens is 443 g/mol. The topological polar surface area (TPSA) is 56.6 Å². The van der Waals surface area contributed by atoms with Gasteiger partial charge in [0.15, 0.2) is 5.78 Å². The number of rotatable bonds is 10. The van der Waals surface area contributed by atoms with Crippen molar-refractivity contribution in [2.24, 2.45) is 11.8 Å². The van der Waals surface area contributed by atoms with E-state index in [4.69, 9.17) is 4.74 Å². The average molecular weight is 480 g/mol. The van der Waals surface area contributed by atoms with Crippen molar-refractivity contribution < 1.29 is 22.7 Å². The van der Waals surface area contributed by atoms with Crippen molar-refractivity contribution in [3.8, 4) is 6.07 Å². The number of nitriles is 1. The number of hydrogen-bond donors (Lipinski definition) is 0. The standard InChI is InChI=1S/C26H36F3N3O2/c1-34-19-22(33)5-2-4-20-8-10-21(11-9-20)12-13-31-14-16-32(17-15-31)25-7-3-6-24(23(25)18-30)26(27,28)29/h3,6-7,20-21H,2,4-5,8-17,19H2,1H3. The minimum absolute atomic E-state index is 0.188. The van der Waals surface area contributed by atoms with Crippen LogP contribution in [-0.2, 0) is 15.7 Å². The van der Waals surface area contributed by atoms with E-state index in [-0.39, 0.29) is 18.0 Å². The van der Waals surface area contributed by atoms with Crippen molar-refractivity contribution in [2.75, 3.05) is 51.3 Å². The van der Waals surface area contributed by atoms with Crippen LogP contribution in [0.5, 0.6) is 0 Å². The van der Waals surface area contributed by atoms with Gasteiger partial charge in [-0.15, -0.1) is 0 Å². The molecule has 0 N–H and O–H groups in total. The van der Waals surface area contributed by atoms with E-state index >= 15 is 0 Å². The molecule has 0 aromatic heterocycles. The second kappa shape index (κ2) is 12.6. The van der Waals surface area contributed by atoms with E-state index in [0.29, 0.717) is 25.2 Å². The lowest BCUT2D eigenvalue weighted by atomic mass is 9.78. The van der Waals surface area contributed by atoms with Crippen molar-refractivity contribution in [1.82, 2.24) is 4.90 Å². The number of anilines is 1. The highest BCUT2D eigenvalue weighted by Crippen LogP contribution is 2.36. The first-order chi connectivity index (χ1) is 16.3. The average Bonchev–Trinajstić information content (AvgIpc) is 2.83. The highest BCUT2D eigenvalue weighted by atomic mass is 19.4. The monoisotopic (exact) mass is 479 g/mol. The van der Waals surface area contributed by atoms with E-state index in [1.54, 1.807) is 19.2 Å². The van der Waals surface area contributed by atoms with E-state index < -0.39 is 11.7 Å². The number of carbonyl (C=O) groups is 1. The summed E-state index contributed by atoms with van der Waals surface area (Å²) in [4.78, 5) is 15.9. The zero-order valence-electron chi connectivity index (χ0n) is 20.1. The molecule has 0 radical (unpaired) electrons. The molecule has 2 aliphatic rings. The molecule has 188 valence electrons. The maximum Gasteiger partial charge on any atom is 0.417 e. The van der Waals surface area contributed by atoms with Crippen molar-refractivity contribution >= 4 is 11.5 Å². The number of nitrogens with zero attached hydrogens (tertiary/aromatic N) is 3. The van der Waals surface area contributed by atoms with Crippen LogP contribution in [0, 0.1) is 23.2 Å². The zero-order chi connectivity index (χ0) is 24.6. The van der Waals surface area contributed by atoms with Gasteiger partial charge in [-0.1, -0.05) is 38.2 Å². The number of ketones is 1. The molecule has 8 heteroatoms. The smallest absolute Gasteiger partial charge is 0.377 e. The molecule has 1 aliphatic carbocycles. The third-order valence-electron chi connectivity index (χ3n) is 7.37.